The molecule has 51 heavy (non-hydrogen) atoms. The maximum Gasteiger partial charge on any atom is 0.304 e. The van der Waals surface area contributed by atoms with Gasteiger partial charge in [-0.15, -0.1) is 24.0 Å². The van der Waals surface area contributed by atoms with Crippen LogP contribution in [0.4, 0.5) is 0 Å². The van der Waals surface area contributed by atoms with E-state index in [1.165, 1.54) is 31.2 Å². The van der Waals surface area contributed by atoms with E-state index in [1.807, 2.05) is 31.1 Å². The Balaban J connectivity index is 0.000000784. The monoisotopic (exact) mass is 1060 g/mol. The van der Waals surface area contributed by atoms with Crippen LogP contribution >= 0.6 is 72.8 Å². The van der Waals surface area contributed by atoms with Crippen LogP contribution in [0.15, 0.2) is 97.1 Å². The first kappa shape index (κ1) is 48.3. The molecular weight excluding hydrogens is 1010 g/mol. The molecule has 278 valence electrons. The average molecular weight is 1060 g/mol. The number of hydrogen-bond acceptors (Lipinski definition) is 9. The highest BCUT2D eigenvalue weighted by Crippen LogP contribution is 2.19. The molecule has 1 unspecified atom stereocenters. The number of carbonyl (C=O) groups excluding carboxylic acids is 3. The first-order valence-electron chi connectivity index (χ1n) is 15.6. The second-order valence-corrected chi connectivity index (χ2v) is 11.4. The number of rotatable bonds is 13. The lowest BCUT2D eigenvalue weighted by atomic mass is 10.0. The Hall–Kier alpha value is -2.67. The third-order valence-electron chi connectivity index (χ3n) is 6.39. The number of phenolic OH excluding ortho intramolecular Hbond substituents is 2. The van der Waals surface area contributed by atoms with Crippen LogP contribution < -0.4 is 9.47 Å². The molecule has 0 bridgehead atoms. The minimum absolute atomic E-state index is 0. The molecule has 0 aliphatic carbocycles. The van der Waals surface area contributed by atoms with Gasteiger partial charge in [-0.05, 0) is 125 Å². The van der Waals surface area contributed by atoms with Crippen molar-refractivity contribution in [3.8, 4) is 23.0 Å². The third-order valence-corrected chi connectivity index (χ3v) is 6.48. The van der Waals surface area contributed by atoms with E-state index in [-0.39, 0.29) is 53.0 Å². The molecule has 0 radical (unpaired) electrons. The highest BCUT2D eigenvalue weighted by atomic mass is 128. The number of aromatic hydroxyl groups is 2. The fourth-order valence-electron chi connectivity index (χ4n) is 3.87. The van der Waals surface area contributed by atoms with E-state index in [0.29, 0.717) is 35.5 Å². The lowest BCUT2D eigenvalue weighted by Gasteiger charge is -2.11. The summed E-state index contributed by atoms with van der Waals surface area (Å²) >= 11 is 9.47. The van der Waals surface area contributed by atoms with E-state index in [9.17, 15) is 24.6 Å². The van der Waals surface area contributed by atoms with Crippen LogP contribution in [0.3, 0.4) is 0 Å². The first-order chi connectivity index (χ1) is 23.9. The van der Waals surface area contributed by atoms with Gasteiger partial charge in [0.1, 0.15) is 29.6 Å². The maximum absolute atomic E-state index is 12.2. The zero-order chi connectivity index (χ0) is 37.5. The molecule has 13 heteroatoms. The molecule has 1 atom stereocenters. The van der Waals surface area contributed by atoms with Crippen LogP contribution in [0, 0.1) is 0 Å². The van der Waals surface area contributed by atoms with E-state index in [2.05, 4.69) is 48.9 Å². The summed E-state index contributed by atoms with van der Waals surface area (Å²) in [5, 5.41) is 18.5. The number of phenols is 2. The Labute approximate surface area is 346 Å². The summed E-state index contributed by atoms with van der Waals surface area (Å²) in [4.78, 5) is 36.4. The van der Waals surface area contributed by atoms with Crippen molar-refractivity contribution >= 4 is 90.3 Å². The number of halogens is 4. The Morgan fingerprint density at radius 3 is 1.29 bits per heavy atom. The summed E-state index contributed by atoms with van der Waals surface area (Å²) in [5.74, 6) is 1.35. The molecule has 4 rings (SSSR count). The molecule has 4 aromatic carbocycles. The van der Waals surface area contributed by atoms with Crippen LogP contribution in [0.25, 0.3) is 0 Å². The van der Waals surface area contributed by atoms with Gasteiger partial charge in [0.05, 0.1) is 6.61 Å². The van der Waals surface area contributed by atoms with Crippen molar-refractivity contribution in [1.82, 2.24) is 4.90 Å². The summed E-state index contributed by atoms with van der Waals surface area (Å²) < 4.78 is 15.5. The highest BCUT2D eigenvalue weighted by molar-refractivity contribution is 15.0. The number of esters is 1. The molecule has 4 aromatic rings. The van der Waals surface area contributed by atoms with E-state index < -0.39 is 5.56 Å². The zero-order valence-corrected chi connectivity index (χ0v) is 36.6. The molecule has 0 spiro atoms. The Kier molecular flexibility index (Phi) is 26.5. The molecule has 0 aliphatic heterocycles. The average Bonchev–Trinajstić information content (AvgIpc) is 3.10. The SMILES string of the molecule is CC(=O)OC(C)Cl.CCCCOc1ccc(C(=O)c2ccc(O)cc2)cc1.CN(C)CCOc1ccc(C(=O)c2ccc(O)cc2)cc1.I.II. The van der Waals surface area contributed by atoms with Crippen LogP contribution in [0.5, 0.6) is 23.0 Å². The number of likely N-dealkylation sites (N-methyl/N-ethyl adjacent to an activating group) is 1. The van der Waals surface area contributed by atoms with E-state index in [4.69, 9.17) is 21.1 Å². The molecule has 0 fully saturated rings. The molecule has 0 saturated heterocycles. The van der Waals surface area contributed by atoms with Gasteiger partial charge in [-0.2, -0.15) is 0 Å². The van der Waals surface area contributed by atoms with Gasteiger partial charge in [0.2, 0.25) is 0 Å². The second-order valence-electron chi connectivity index (χ2n) is 10.8. The highest BCUT2D eigenvalue weighted by Gasteiger charge is 2.10. The summed E-state index contributed by atoms with van der Waals surface area (Å²) in [6, 6.07) is 26.7. The summed E-state index contributed by atoms with van der Waals surface area (Å²) in [7, 11) is 3.98. The molecule has 2 N–H and O–H groups in total. The molecule has 9 nitrogen and oxygen atoms in total. The largest absolute Gasteiger partial charge is 0.508 e. The van der Waals surface area contributed by atoms with Gasteiger partial charge >= 0.3 is 5.97 Å². The van der Waals surface area contributed by atoms with Gasteiger partial charge in [-0.1, -0.05) is 24.9 Å². The standard InChI is InChI=1S/C17H19NO3.C17H18O3.C4H7ClO2.I2.HI/c1-18(2)11-12-21-16-9-5-14(6-10-16)17(20)13-3-7-15(19)8-4-13;1-2-3-12-20-16-10-6-14(7-11-16)17(19)13-4-8-15(18)9-5-13;1-3(5)7-4(2)6;1-2;/h3-10,19H,11-12H2,1-2H3;4-11,18H,2-3,12H2,1H3;3H,1-2H3;;1H. The van der Waals surface area contributed by atoms with Crippen molar-refractivity contribution in [2.45, 2.75) is 39.2 Å². The van der Waals surface area contributed by atoms with Crippen molar-refractivity contribution in [1.29, 1.82) is 0 Å². The number of carbonyl (C=O) groups is 3. The van der Waals surface area contributed by atoms with Crippen molar-refractivity contribution in [3.05, 3.63) is 119 Å². The van der Waals surface area contributed by atoms with Crippen molar-refractivity contribution in [2.75, 3.05) is 33.9 Å². The number of ketones is 2. The topological polar surface area (TPSA) is 123 Å². The number of unbranched alkanes of at least 4 members (excludes halogenated alkanes) is 1. The van der Waals surface area contributed by atoms with Gasteiger partial charge in [0, 0.05) is 73.0 Å². The normalized spacial score (nSPS) is 10.3. The summed E-state index contributed by atoms with van der Waals surface area (Å²) in [6.45, 7) is 7.17. The lowest BCUT2D eigenvalue weighted by molar-refractivity contribution is -0.142. The number of nitrogens with zero attached hydrogens (tertiary/aromatic N) is 1. The van der Waals surface area contributed by atoms with Gasteiger partial charge in [0.15, 0.2) is 17.1 Å². The second kappa shape index (κ2) is 27.9. The molecule has 0 amide bonds. The maximum atomic E-state index is 12.2. The first-order valence-corrected chi connectivity index (χ1v) is 22.3. The van der Waals surface area contributed by atoms with E-state index in [0.717, 1.165) is 30.9 Å². The van der Waals surface area contributed by atoms with Gasteiger partial charge in [0.25, 0.3) is 0 Å². The molecule has 0 saturated carbocycles. The van der Waals surface area contributed by atoms with Crippen LogP contribution in [0.1, 0.15) is 65.5 Å². The molecular formula is C38H45ClI3NO8. The quantitative estimate of drug-likeness (QED) is 0.0443. The van der Waals surface area contributed by atoms with E-state index in [1.54, 1.807) is 67.6 Å². The Morgan fingerprint density at radius 2 is 1.02 bits per heavy atom. The molecule has 0 aliphatic rings. The predicted octanol–water partition coefficient (Wildman–Crippen LogP) is 9.89. The van der Waals surface area contributed by atoms with Crippen molar-refractivity contribution in [2.24, 2.45) is 0 Å². The summed E-state index contributed by atoms with van der Waals surface area (Å²) in [5.41, 5.74) is 1.81. The van der Waals surface area contributed by atoms with Gasteiger partial charge in [-0.3, -0.25) is 14.4 Å². The minimum Gasteiger partial charge on any atom is -0.508 e. The number of hydrogen-bond donors (Lipinski definition) is 2. The zero-order valence-electron chi connectivity index (χ0n) is 29.2. The smallest absolute Gasteiger partial charge is 0.304 e. The number of ether oxygens (including phenoxy) is 3. The fraction of sp³-hybridized carbons (Fsp3) is 0.289. The third kappa shape index (κ3) is 20.8. The predicted molar refractivity (Wildman–Crippen MR) is 231 cm³/mol. The van der Waals surface area contributed by atoms with Crippen LogP contribution in [-0.2, 0) is 9.53 Å². The Bertz CT molecular complexity index is 1550. The van der Waals surface area contributed by atoms with Crippen molar-refractivity contribution in [3.63, 3.8) is 0 Å². The summed E-state index contributed by atoms with van der Waals surface area (Å²) in [6.07, 6.45) is 2.12. The lowest BCUT2D eigenvalue weighted by Crippen LogP contribution is -2.19. The van der Waals surface area contributed by atoms with Crippen LogP contribution in [-0.4, -0.2) is 72.1 Å². The van der Waals surface area contributed by atoms with Crippen molar-refractivity contribution < 1.29 is 38.8 Å². The minimum atomic E-state index is -0.502. The Morgan fingerprint density at radius 1 is 0.686 bits per heavy atom. The molecule has 0 aromatic heterocycles. The molecule has 0 heterocycles. The number of alkyl halides is 1. The number of benzene rings is 4. The fourth-order valence-corrected chi connectivity index (χ4v) is 4.00. The van der Waals surface area contributed by atoms with Gasteiger partial charge < -0.3 is 29.3 Å². The van der Waals surface area contributed by atoms with Crippen LogP contribution in [0.2, 0.25) is 0 Å². The van der Waals surface area contributed by atoms with Gasteiger partial charge in [-0.25, -0.2) is 0 Å². The van der Waals surface area contributed by atoms with E-state index >= 15 is 0 Å².